The Bertz CT molecular complexity index is 706. The Labute approximate surface area is 162 Å². The Morgan fingerprint density at radius 1 is 1.29 bits per heavy atom. The number of carboxylic acids is 1. The molecule has 28 heavy (non-hydrogen) atoms. The topological polar surface area (TPSA) is 151 Å². The van der Waals surface area contributed by atoms with E-state index in [-0.39, 0.29) is 43.5 Å². The van der Waals surface area contributed by atoms with Gasteiger partial charge in [0.2, 0.25) is 11.8 Å². The van der Waals surface area contributed by atoms with Crippen LogP contribution in [0, 0.1) is 0 Å². The van der Waals surface area contributed by atoms with Gasteiger partial charge < -0.3 is 24.8 Å². The van der Waals surface area contributed by atoms with E-state index >= 15 is 0 Å². The van der Waals surface area contributed by atoms with Crippen LogP contribution in [0.1, 0.15) is 33.6 Å². The number of carbonyl (C=O) groups excluding carboxylic acids is 2. The lowest BCUT2D eigenvalue weighted by Crippen LogP contribution is -2.42. The monoisotopic (exact) mass is 398 g/mol. The minimum atomic E-state index is -1.15. The van der Waals surface area contributed by atoms with Crippen molar-refractivity contribution in [2.45, 2.75) is 39.2 Å². The molecule has 0 unspecified atom stereocenters. The van der Waals surface area contributed by atoms with E-state index in [1.165, 1.54) is 12.1 Å². The van der Waals surface area contributed by atoms with Crippen molar-refractivity contribution in [2.24, 2.45) is 0 Å². The van der Waals surface area contributed by atoms with E-state index in [4.69, 9.17) is 14.6 Å². The number of rotatable bonds is 10. The first-order chi connectivity index (χ1) is 13.1. The number of hydrogen-bond acceptors (Lipinski definition) is 7. The van der Waals surface area contributed by atoms with Gasteiger partial charge in [-0.05, 0) is 27.2 Å². The van der Waals surface area contributed by atoms with Crippen LogP contribution in [0.15, 0.2) is 16.9 Å². The van der Waals surface area contributed by atoms with Crippen molar-refractivity contribution in [1.29, 1.82) is 0 Å². The smallest absolute Gasteiger partial charge is 0.407 e. The summed E-state index contributed by atoms with van der Waals surface area (Å²) < 4.78 is 10.4. The lowest BCUT2D eigenvalue weighted by Gasteiger charge is -2.22. The van der Waals surface area contributed by atoms with Crippen LogP contribution in [0.3, 0.4) is 0 Å². The van der Waals surface area contributed by atoms with E-state index in [1.807, 2.05) is 0 Å². The van der Waals surface area contributed by atoms with Crippen molar-refractivity contribution in [2.75, 3.05) is 26.2 Å². The van der Waals surface area contributed by atoms with E-state index < -0.39 is 24.2 Å². The minimum absolute atomic E-state index is 0.0344. The molecule has 11 heteroatoms. The highest BCUT2D eigenvalue weighted by molar-refractivity contribution is 5.81. The first-order valence-electron chi connectivity index (χ1n) is 8.72. The average Bonchev–Trinajstić information content (AvgIpc) is 2.57. The number of carboxylic acid groups (broad SMARTS) is 1. The lowest BCUT2D eigenvalue weighted by atomic mass is 10.2. The maximum absolute atomic E-state index is 12.2. The van der Waals surface area contributed by atoms with Crippen LogP contribution in [0.4, 0.5) is 4.79 Å². The molecule has 3 N–H and O–H groups in total. The van der Waals surface area contributed by atoms with Crippen LogP contribution >= 0.6 is 0 Å². The van der Waals surface area contributed by atoms with Gasteiger partial charge in [0, 0.05) is 31.6 Å². The van der Waals surface area contributed by atoms with Crippen molar-refractivity contribution in [3.63, 3.8) is 0 Å². The highest BCUT2D eigenvalue weighted by Crippen LogP contribution is 2.06. The molecule has 0 atom stereocenters. The maximum Gasteiger partial charge on any atom is 0.407 e. The van der Waals surface area contributed by atoms with Crippen molar-refractivity contribution >= 4 is 18.0 Å². The summed E-state index contributed by atoms with van der Waals surface area (Å²) in [6.45, 7) is 4.95. The molecule has 0 saturated carbocycles. The molecule has 0 saturated heterocycles. The molecule has 0 bridgehead atoms. The highest BCUT2D eigenvalue weighted by atomic mass is 16.6. The number of nitrogens with zero attached hydrogens (tertiary/aromatic N) is 2. The SMILES string of the molecule is CC(C)(C)OC(=O)NCCN(CC(=O)O)C(=O)CCCOc1ccc(=O)[nH]n1. The summed E-state index contributed by atoms with van der Waals surface area (Å²) in [4.78, 5) is 46.8. The van der Waals surface area contributed by atoms with Crippen molar-refractivity contribution in [3.8, 4) is 5.88 Å². The van der Waals surface area contributed by atoms with Crippen molar-refractivity contribution in [1.82, 2.24) is 20.4 Å². The number of amides is 2. The van der Waals surface area contributed by atoms with Gasteiger partial charge in [-0.3, -0.25) is 14.4 Å². The van der Waals surface area contributed by atoms with Crippen LogP contribution in [0.25, 0.3) is 0 Å². The van der Waals surface area contributed by atoms with Crippen molar-refractivity contribution in [3.05, 3.63) is 22.5 Å². The second kappa shape index (κ2) is 10.9. The number of aliphatic carboxylic acids is 1. The van der Waals surface area contributed by atoms with Crippen LogP contribution < -0.4 is 15.6 Å². The third-order valence-electron chi connectivity index (χ3n) is 3.17. The fourth-order valence-electron chi connectivity index (χ4n) is 2.03. The maximum atomic E-state index is 12.2. The number of alkyl carbamates (subject to hydrolysis) is 1. The normalized spacial score (nSPS) is 10.8. The quantitative estimate of drug-likeness (QED) is 0.478. The molecule has 1 aromatic rings. The van der Waals surface area contributed by atoms with Gasteiger partial charge in [0.15, 0.2) is 0 Å². The number of carbonyl (C=O) groups is 3. The second-order valence-corrected chi connectivity index (χ2v) is 6.85. The fraction of sp³-hybridized carbons (Fsp3) is 0.588. The molecule has 1 rings (SSSR count). The van der Waals surface area contributed by atoms with Crippen molar-refractivity contribution < 1.29 is 29.0 Å². The molecule has 0 fully saturated rings. The van der Waals surface area contributed by atoms with Gasteiger partial charge in [-0.1, -0.05) is 0 Å². The van der Waals surface area contributed by atoms with Gasteiger partial charge in [-0.15, -0.1) is 5.10 Å². The van der Waals surface area contributed by atoms with Gasteiger partial charge in [0.05, 0.1) is 6.61 Å². The third-order valence-corrected chi connectivity index (χ3v) is 3.17. The summed E-state index contributed by atoms with van der Waals surface area (Å²) in [6.07, 6.45) is -0.254. The zero-order valence-electron chi connectivity index (χ0n) is 16.2. The van der Waals surface area contributed by atoms with E-state index in [0.717, 1.165) is 4.90 Å². The zero-order valence-corrected chi connectivity index (χ0v) is 16.2. The van der Waals surface area contributed by atoms with Gasteiger partial charge >= 0.3 is 12.1 Å². The summed E-state index contributed by atoms with van der Waals surface area (Å²) in [5, 5.41) is 17.3. The molecule has 0 aliphatic carbocycles. The summed E-state index contributed by atoms with van der Waals surface area (Å²) in [5.41, 5.74) is -1.01. The third kappa shape index (κ3) is 10.1. The molecule has 2 amide bonds. The predicted octanol–water partition coefficient (Wildman–Crippen LogP) is 0.367. The Balaban J connectivity index is 2.39. The van der Waals surface area contributed by atoms with Crippen LogP contribution in [0.2, 0.25) is 0 Å². The molecule has 0 spiro atoms. The first-order valence-corrected chi connectivity index (χ1v) is 8.72. The predicted molar refractivity (Wildman–Crippen MR) is 98.0 cm³/mol. The van der Waals surface area contributed by atoms with E-state index in [1.54, 1.807) is 20.8 Å². The summed E-state index contributed by atoms with van der Waals surface area (Å²) >= 11 is 0. The van der Waals surface area contributed by atoms with E-state index in [9.17, 15) is 19.2 Å². The lowest BCUT2D eigenvalue weighted by molar-refractivity contribution is -0.144. The Morgan fingerprint density at radius 2 is 2.00 bits per heavy atom. The van der Waals surface area contributed by atoms with Crippen LogP contribution in [0.5, 0.6) is 5.88 Å². The molecular formula is C17H26N4O7. The van der Waals surface area contributed by atoms with E-state index in [0.29, 0.717) is 6.42 Å². The molecule has 0 aliphatic rings. The molecular weight excluding hydrogens is 372 g/mol. The zero-order chi connectivity index (χ0) is 21.2. The van der Waals surface area contributed by atoms with Gasteiger partial charge in [-0.25, -0.2) is 9.89 Å². The van der Waals surface area contributed by atoms with Crippen LogP contribution in [-0.2, 0) is 14.3 Å². The fourth-order valence-corrected chi connectivity index (χ4v) is 2.03. The first kappa shape index (κ1) is 22.9. The highest BCUT2D eigenvalue weighted by Gasteiger charge is 2.19. The largest absolute Gasteiger partial charge is 0.480 e. The Kier molecular flexibility index (Phi) is 8.93. The summed E-state index contributed by atoms with van der Waals surface area (Å²) in [7, 11) is 0. The average molecular weight is 398 g/mol. The Morgan fingerprint density at radius 3 is 2.57 bits per heavy atom. The molecule has 11 nitrogen and oxygen atoms in total. The Hall–Kier alpha value is -3.11. The second-order valence-electron chi connectivity index (χ2n) is 6.85. The molecule has 0 radical (unpaired) electrons. The molecule has 0 aliphatic heterocycles. The van der Waals surface area contributed by atoms with Gasteiger partial charge in [0.1, 0.15) is 12.1 Å². The molecule has 1 heterocycles. The molecule has 0 aromatic carbocycles. The summed E-state index contributed by atoms with van der Waals surface area (Å²) in [5.74, 6) is -1.32. The van der Waals surface area contributed by atoms with Gasteiger partial charge in [-0.2, -0.15) is 0 Å². The van der Waals surface area contributed by atoms with Crippen LogP contribution in [-0.4, -0.2) is 70.0 Å². The summed E-state index contributed by atoms with van der Waals surface area (Å²) in [6, 6.07) is 2.67. The standard InChI is InChI=1S/C17H26N4O7/c1-17(2,3)28-16(26)18-8-9-21(11-15(24)25)14(23)5-4-10-27-13-7-6-12(22)19-20-13/h6-7H,4-5,8-11H2,1-3H3,(H,18,26)(H,19,22)(H,24,25). The number of aromatic amines is 1. The molecule has 156 valence electrons. The minimum Gasteiger partial charge on any atom is -0.480 e. The van der Waals surface area contributed by atoms with E-state index in [2.05, 4.69) is 15.5 Å². The molecule has 1 aromatic heterocycles. The van der Waals surface area contributed by atoms with Gasteiger partial charge in [0.25, 0.3) is 5.56 Å². The number of ether oxygens (including phenoxy) is 2. The number of hydrogen-bond donors (Lipinski definition) is 3. The number of aromatic nitrogens is 2. The number of H-pyrrole nitrogens is 1. The number of nitrogens with one attached hydrogen (secondary N) is 2.